The normalized spacial score (nSPS) is 10.9. The number of hydrogen-bond donors (Lipinski definition) is 1. The zero-order valence-electron chi connectivity index (χ0n) is 10.6. The quantitative estimate of drug-likeness (QED) is 0.464. The molecule has 7 heteroatoms. The summed E-state index contributed by atoms with van der Waals surface area (Å²) >= 11 is 0. The van der Waals surface area contributed by atoms with Crippen LogP contribution >= 0.6 is 0 Å². The lowest BCUT2D eigenvalue weighted by molar-refractivity contribution is -0.384. The van der Waals surface area contributed by atoms with Crippen molar-refractivity contribution >= 4 is 11.5 Å². The molecule has 0 aliphatic heterocycles. The van der Waals surface area contributed by atoms with Crippen molar-refractivity contribution in [1.29, 1.82) is 0 Å². The maximum absolute atomic E-state index is 10.9. The Hall–Kier alpha value is -1.63. The van der Waals surface area contributed by atoms with Crippen LogP contribution in [0.4, 0.5) is 11.5 Å². The van der Waals surface area contributed by atoms with E-state index in [1.807, 2.05) is 13.8 Å². The van der Waals surface area contributed by atoms with Gasteiger partial charge in [-0.3, -0.25) is 10.1 Å². The van der Waals surface area contributed by atoms with Crippen molar-refractivity contribution in [3.63, 3.8) is 0 Å². The molecule has 1 heterocycles. The van der Waals surface area contributed by atoms with E-state index in [-0.39, 0.29) is 11.8 Å². The molecular formula is C10H18N4O3. The summed E-state index contributed by atoms with van der Waals surface area (Å²) in [5.74, 6) is 0.417. The highest BCUT2D eigenvalue weighted by Crippen LogP contribution is 2.26. The van der Waals surface area contributed by atoms with Gasteiger partial charge in [0.1, 0.15) is 5.69 Å². The summed E-state index contributed by atoms with van der Waals surface area (Å²) in [7, 11) is 1.67. The van der Waals surface area contributed by atoms with Gasteiger partial charge in [0.25, 0.3) is 0 Å². The van der Waals surface area contributed by atoms with E-state index < -0.39 is 4.92 Å². The van der Waals surface area contributed by atoms with Crippen molar-refractivity contribution in [2.75, 3.05) is 18.5 Å². The van der Waals surface area contributed by atoms with Crippen molar-refractivity contribution in [1.82, 2.24) is 9.78 Å². The van der Waals surface area contributed by atoms with Crippen molar-refractivity contribution in [2.24, 2.45) is 7.05 Å². The number of aryl methyl sites for hydroxylation is 2. The second-order valence-electron chi connectivity index (χ2n) is 4.01. The van der Waals surface area contributed by atoms with Crippen LogP contribution < -0.4 is 5.32 Å². The highest BCUT2D eigenvalue weighted by Gasteiger charge is 2.23. The molecular weight excluding hydrogens is 224 g/mol. The number of hydrogen-bond acceptors (Lipinski definition) is 5. The minimum absolute atomic E-state index is 0.0250. The van der Waals surface area contributed by atoms with Gasteiger partial charge in [-0.05, 0) is 20.8 Å². The van der Waals surface area contributed by atoms with Crippen molar-refractivity contribution in [3.05, 3.63) is 15.8 Å². The average molecular weight is 242 g/mol. The molecule has 0 unspecified atom stereocenters. The molecule has 0 amide bonds. The number of ether oxygens (including phenoxy) is 1. The third-order valence-corrected chi connectivity index (χ3v) is 2.22. The molecule has 0 saturated carbocycles. The van der Waals surface area contributed by atoms with Crippen molar-refractivity contribution in [3.8, 4) is 0 Å². The van der Waals surface area contributed by atoms with Crippen LogP contribution in [0.1, 0.15) is 19.5 Å². The molecule has 7 nitrogen and oxygen atoms in total. The monoisotopic (exact) mass is 242 g/mol. The zero-order valence-corrected chi connectivity index (χ0v) is 10.6. The molecule has 96 valence electrons. The number of rotatable bonds is 6. The van der Waals surface area contributed by atoms with Gasteiger partial charge in [0.05, 0.1) is 17.6 Å². The molecule has 0 bridgehead atoms. The van der Waals surface area contributed by atoms with Crippen molar-refractivity contribution in [2.45, 2.75) is 26.9 Å². The van der Waals surface area contributed by atoms with Crippen LogP contribution in [-0.4, -0.2) is 34.0 Å². The Labute approximate surface area is 99.9 Å². The first kappa shape index (κ1) is 13.4. The fraction of sp³-hybridized carbons (Fsp3) is 0.700. The largest absolute Gasteiger partial charge is 0.377 e. The molecule has 1 rings (SSSR count). The average Bonchev–Trinajstić information content (AvgIpc) is 2.48. The number of nitro groups is 1. The molecule has 0 aliphatic carbocycles. The van der Waals surface area contributed by atoms with E-state index in [0.29, 0.717) is 24.7 Å². The summed E-state index contributed by atoms with van der Waals surface area (Å²) in [6.45, 7) is 6.51. The molecule has 1 aromatic rings. The van der Waals surface area contributed by atoms with Gasteiger partial charge in [0.15, 0.2) is 0 Å². The Kier molecular flexibility index (Phi) is 4.45. The lowest BCUT2D eigenvalue weighted by Gasteiger charge is -2.09. The van der Waals surface area contributed by atoms with E-state index in [2.05, 4.69) is 10.4 Å². The van der Waals surface area contributed by atoms with Gasteiger partial charge < -0.3 is 10.1 Å². The van der Waals surface area contributed by atoms with Gasteiger partial charge in [0.2, 0.25) is 5.82 Å². The summed E-state index contributed by atoms with van der Waals surface area (Å²) < 4.78 is 6.82. The van der Waals surface area contributed by atoms with E-state index in [9.17, 15) is 10.1 Å². The molecule has 0 aliphatic rings. The third kappa shape index (κ3) is 3.42. The fourth-order valence-corrected chi connectivity index (χ4v) is 1.53. The highest BCUT2D eigenvalue weighted by atomic mass is 16.6. The minimum atomic E-state index is -0.423. The summed E-state index contributed by atoms with van der Waals surface area (Å²) in [5.41, 5.74) is 0.432. The molecule has 0 radical (unpaired) electrons. The molecule has 0 saturated heterocycles. The van der Waals surface area contributed by atoms with Gasteiger partial charge in [-0.25, -0.2) is 4.68 Å². The second kappa shape index (κ2) is 5.62. The van der Waals surface area contributed by atoms with Crippen molar-refractivity contribution < 1.29 is 9.66 Å². The first-order valence-corrected chi connectivity index (χ1v) is 5.47. The molecule has 1 N–H and O–H groups in total. The molecule has 0 spiro atoms. The van der Waals surface area contributed by atoms with E-state index in [0.717, 1.165) is 0 Å². The van der Waals surface area contributed by atoms with Crippen LogP contribution in [0.2, 0.25) is 0 Å². The van der Waals surface area contributed by atoms with Gasteiger partial charge in [-0.2, -0.15) is 5.10 Å². The van der Waals surface area contributed by atoms with Gasteiger partial charge >= 0.3 is 5.69 Å². The zero-order chi connectivity index (χ0) is 13.0. The number of aromatic nitrogens is 2. The first-order valence-electron chi connectivity index (χ1n) is 5.47. The molecule has 0 fully saturated rings. The predicted molar refractivity (Wildman–Crippen MR) is 64.2 cm³/mol. The van der Waals surface area contributed by atoms with Gasteiger partial charge in [-0.15, -0.1) is 0 Å². The van der Waals surface area contributed by atoms with Crippen LogP contribution in [0.5, 0.6) is 0 Å². The molecule has 0 atom stereocenters. The number of nitrogens with zero attached hydrogens (tertiary/aromatic N) is 3. The molecule has 0 aromatic carbocycles. The maximum Gasteiger partial charge on any atom is 0.333 e. The van der Waals surface area contributed by atoms with Gasteiger partial charge in [0, 0.05) is 13.6 Å². The minimum Gasteiger partial charge on any atom is -0.377 e. The predicted octanol–water partition coefficient (Wildman–Crippen LogP) is 1.47. The standard InChI is InChI=1S/C10H18N4O3/c1-7(2)17-6-5-11-10-9(14(15)16)8(3)12-13(10)4/h7,11H,5-6H2,1-4H3. The number of anilines is 1. The van der Waals surface area contributed by atoms with E-state index >= 15 is 0 Å². The van der Waals surface area contributed by atoms with Crippen LogP contribution in [0.25, 0.3) is 0 Å². The topological polar surface area (TPSA) is 82.2 Å². The summed E-state index contributed by atoms with van der Waals surface area (Å²) in [6.07, 6.45) is 0.153. The van der Waals surface area contributed by atoms with Crippen LogP contribution in [0.15, 0.2) is 0 Å². The molecule has 1 aromatic heterocycles. The fourth-order valence-electron chi connectivity index (χ4n) is 1.53. The van der Waals surface area contributed by atoms with Gasteiger partial charge in [-0.1, -0.05) is 0 Å². The molecule has 17 heavy (non-hydrogen) atoms. The highest BCUT2D eigenvalue weighted by molar-refractivity contribution is 5.59. The Balaban J connectivity index is 2.67. The van der Waals surface area contributed by atoms with E-state index in [1.165, 1.54) is 4.68 Å². The second-order valence-corrected chi connectivity index (χ2v) is 4.01. The third-order valence-electron chi connectivity index (χ3n) is 2.22. The van der Waals surface area contributed by atoms with Crippen LogP contribution in [0.3, 0.4) is 0 Å². The van der Waals surface area contributed by atoms with E-state index in [1.54, 1.807) is 14.0 Å². The summed E-state index contributed by atoms with van der Waals surface area (Å²) in [5, 5.41) is 17.9. The van der Waals surface area contributed by atoms with Crippen LogP contribution in [0, 0.1) is 17.0 Å². The van der Waals surface area contributed by atoms with E-state index in [4.69, 9.17) is 4.74 Å². The smallest absolute Gasteiger partial charge is 0.333 e. The summed E-state index contributed by atoms with van der Waals surface area (Å²) in [6, 6.07) is 0. The Morgan fingerprint density at radius 1 is 1.59 bits per heavy atom. The number of nitrogens with one attached hydrogen (secondary N) is 1. The lowest BCUT2D eigenvalue weighted by atomic mass is 10.4. The van der Waals surface area contributed by atoms with Crippen LogP contribution in [-0.2, 0) is 11.8 Å². The summed E-state index contributed by atoms with van der Waals surface area (Å²) in [4.78, 5) is 10.5. The maximum atomic E-state index is 10.9. The Morgan fingerprint density at radius 3 is 2.76 bits per heavy atom. The Bertz CT molecular complexity index is 401. The first-order chi connectivity index (χ1) is 7.93. The Morgan fingerprint density at radius 2 is 2.24 bits per heavy atom. The SMILES string of the molecule is Cc1nn(C)c(NCCOC(C)C)c1[N+](=O)[O-]. The lowest BCUT2D eigenvalue weighted by Crippen LogP contribution is -2.15.